The fourth-order valence-electron chi connectivity index (χ4n) is 3.48. The molecule has 0 saturated carbocycles. The number of sulfonamides is 1. The fraction of sp³-hybridized carbons (Fsp3) is 0.240. The molecule has 0 aliphatic carbocycles. The van der Waals surface area contributed by atoms with Crippen LogP contribution < -0.4 is 23.8 Å². The van der Waals surface area contributed by atoms with Gasteiger partial charge >= 0.3 is 0 Å². The molecule has 4 rings (SSSR count). The molecule has 184 valence electrons. The summed E-state index contributed by atoms with van der Waals surface area (Å²) in [5, 5.41) is 3.42. The van der Waals surface area contributed by atoms with Crippen molar-refractivity contribution in [2.24, 2.45) is 0 Å². The number of rotatable bonds is 9. The third kappa shape index (κ3) is 6.58. The first-order valence-electron chi connectivity index (χ1n) is 10.9. The van der Waals surface area contributed by atoms with Crippen molar-refractivity contribution in [1.82, 2.24) is 5.32 Å². The minimum absolute atomic E-state index is 0.106. The van der Waals surface area contributed by atoms with Crippen molar-refractivity contribution < 1.29 is 27.4 Å². The maximum absolute atomic E-state index is 12.5. The van der Waals surface area contributed by atoms with Crippen LogP contribution in [-0.2, 0) is 16.6 Å². The summed E-state index contributed by atoms with van der Waals surface area (Å²) in [5.41, 5.74) is 1.66. The zero-order chi connectivity index (χ0) is 24.8. The Morgan fingerprint density at radius 2 is 1.69 bits per heavy atom. The van der Waals surface area contributed by atoms with Crippen molar-refractivity contribution in [3.05, 3.63) is 82.9 Å². The molecule has 0 aromatic heterocycles. The molecule has 0 atom stereocenters. The summed E-state index contributed by atoms with van der Waals surface area (Å²) in [6.07, 6.45) is 1.15. The lowest BCUT2D eigenvalue weighted by atomic mass is 10.1. The maximum atomic E-state index is 12.5. The lowest BCUT2D eigenvalue weighted by Crippen LogP contribution is -2.30. The van der Waals surface area contributed by atoms with Crippen molar-refractivity contribution in [3.63, 3.8) is 0 Å². The van der Waals surface area contributed by atoms with E-state index in [2.05, 4.69) is 5.32 Å². The van der Waals surface area contributed by atoms with E-state index in [0.717, 1.165) is 11.8 Å². The molecule has 1 aliphatic heterocycles. The normalized spacial score (nSPS) is 12.6. The van der Waals surface area contributed by atoms with Gasteiger partial charge < -0.3 is 19.5 Å². The summed E-state index contributed by atoms with van der Waals surface area (Å²) < 4.78 is 43.0. The molecule has 0 bridgehead atoms. The van der Waals surface area contributed by atoms with E-state index in [1.54, 1.807) is 66.7 Å². The second kappa shape index (κ2) is 10.9. The van der Waals surface area contributed by atoms with Gasteiger partial charge in [-0.3, -0.25) is 9.10 Å². The van der Waals surface area contributed by atoms with Crippen molar-refractivity contribution >= 4 is 33.2 Å². The third-order valence-electron chi connectivity index (χ3n) is 5.23. The van der Waals surface area contributed by atoms with Gasteiger partial charge in [-0.1, -0.05) is 23.7 Å². The molecule has 0 spiro atoms. The Labute approximate surface area is 209 Å². The molecule has 0 radical (unpaired) electrons. The predicted octanol–water partition coefficient (Wildman–Crippen LogP) is 3.89. The van der Waals surface area contributed by atoms with Crippen LogP contribution in [0.15, 0.2) is 66.7 Å². The number of ether oxygens (including phenoxy) is 3. The molecule has 8 nitrogen and oxygen atoms in total. The van der Waals surface area contributed by atoms with Crippen LogP contribution in [0.4, 0.5) is 5.69 Å². The number of hydrogen-bond donors (Lipinski definition) is 1. The summed E-state index contributed by atoms with van der Waals surface area (Å²) >= 11 is 5.85. The molecule has 3 aromatic carbocycles. The number of hydrogen-bond acceptors (Lipinski definition) is 6. The van der Waals surface area contributed by atoms with Crippen LogP contribution in [0.25, 0.3) is 0 Å². The average Bonchev–Trinajstić information content (AvgIpc) is 2.85. The molecule has 1 N–H and O–H groups in total. The molecule has 3 aromatic rings. The Kier molecular flexibility index (Phi) is 7.67. The smallest absolute Gasteiger partial charge is 0.251 e. The van der Waals surface area contributed by atoms with Gasteiger partial charge in [-0.2, -0.15) is 0 Å². The van der Waals surface area contributed by atoms with Crippen molar-refractivity contribution in [2.75, 3.05) is 36.9 Å². The minimum Gasteiger partial charge on any atom is -0.492 e. The first kappa shape index (κ1) is 24.7. The first-order valence-corrected chi connectivity index (χ1v) is 13.1. The van der Waals surface area contributed by atoms with Gasteiger partial charge in [0.15, 0.2) is 11.5 Å². The SMILES string of the molecule is CS(=O)(=O)N(Cc1ccc(C(=O)NCCOc2ccc(Cl)cc2)cc1)c1ccc2c(c1)OCCO2. The Bertz CT molecular complexity index is 1280. The van der Waals surface area contributed by atoms with E-state index in [4.69, 9.17) is 25.8 Å². The number of fused-ring (bicyclic) bond motifs is 1. The largest absolute Gasteiger partial charge is 0.492 e. The summed E-state index contributed by atoms with van der Waals surface area (Å²) in [6.45, 7) is 1.61. The van der Waals surface area contributed by atoms with Gasteiger partial charge in [-0.15, -0.1) is 0 Å². The van der Waals surface area contributed by atoms with Gasteiger partial charge in [-0.05, 0) is 54.1 Å². The van der Waals surface area contributed by atoms with E-state index in [1.165, 1.54) is 4.31 Å². The standard InChI is InChI=1S/C25H25ClN2O6S/c1-35(30,31)28(21-8-11-23-24(16-21)34-15-14-33-23)17-18-2-4-19(5-3-18)25(29)27-12-13-32-22-9-6-20(26)7-10-22/h2-11,16H,12-15,17H2,1H3,(H,27,29). The third-order valence-corrected chi connectivity index (χ3v) is 6.62. The molecule has 0 unspecified atom stereocenters. The van der Waals surface area contributed by atoms with Crippen LogP contribution in [0.5, 0.6) is 17.2 Å². The quantitative estimate of drug-likeness (QED) is 0.434. The molecule has 1 heterocycles. The highest BCUT2D eigenvalue weighted by Gasteiger charge is 2.21. The average molecular weight is 517 g/mol. The number of carbonyl (C=O) groups excluding carboxylic acids is 1. The number of carbonyl (C=O) groups is 1. The van der Waals surface area contributed by atoms with Gasteiger partial charge in [0.1, 0.15) is 25.6 Å². The first-order chi connectivity index (χ1) is 16.8. The van der Waals surface area contributed by atoms with Gasteiger partial charge in [0.05, 0.1) is 25.0 Å². The van der Waals surface area contributed by atoms with Crippen LogP contribution in [0.2, 0.25) is 5.02 Å². The van der Waals surface area contributed by atoms with E-state index in [1.807, 2.05) is 0 Å². The Balaban J connectivity index is 1.36. The zero-order valence-electron chi connectivity index (χ0n) is 19.1. The highest BCUT2D eigenvalue weighted by atomic mass is 35.5. The van der Waals surface area contributed by atoms with E-state index in [0.29, 0.717) is 59.9 Å². The number of nitrogens with zero attached hydrogens (tertiary/aromatic N) is 1. The number of nitrogens with one attached hydrogen (secondary N) is 1. The molecule has 0 saturated heterocycles. The summed E-state index contributed by atoms with van der Waals surface area (Å²) in [7, 11) is -3.57. The van der Waals surface area contributed by atoms with Crippen molar-refractivity contribution in [2.45, 2.75) is 6.54 Å². The second-order valence-corrected chi connectivity index (χ2v) is 10.2. The Morgan fingerprint density at radius 3 is 2.37 bits per heavy atom. The highest BCUT2D eigenvalue weighted by molar-refractivity contribution is 7.92. The molecule has 10 heteroatoms. The minimum atomic E-state index is -3.57. The van der Waals surface area contributed by atoms with E-state index in [9.17, 15) is 13.2 Å². The molecular weight excluding hydrogens is 492 g/mol. The molecule has 0 fully saturated rings. The van der Waals surface area contributed by atoms with Gasteiger partial charge in [0, 0.05) is 16.7 Å². The van der Waals surface area contributed by atoms with Crippen LogP contribution >= 0.6 is 11.6 Å². The van der Waals surface area contributed by atoms with Crippen LogP contribution in [0.3, 0.4) is 0 Å². The molecule has 1 amide bonds. The van der Waals surface area contributed by atoms with Gasteiger partial charge in [0.2, 0.25) is 10.0 Å². The maximum Gasteiger partial charge on any atom is 0.251 e. The molecular formula is C25H25ClN2O6S. The fourth-order valence-corrected chi connectivity index (χ4v) is 4.49. The number of halogens is 1. The Hall–Kier alpha value is -3.43. The second-order valence-electron chi connectivity index (χ2n) is 7.85. The predicted molar refractivity (Wildman–Crippen MR) is 134 cm³/mol. The molecule has 1 aliphatic rings. The van der Waals surface area contributed by atoms with Gasteiger partial charge in [-0.25, -0.2) is 8.42 Å². The number of anilines is 1. The summed E-state index contributed by atoms with van der Waals surface area (Å²) in [4.78, 5) is 12.4. The molecule has 35 heavy (non-hydrogen) atoms. The summed E-state index contributed by atoms with van der Waals surface area (Å²) in [5.74, 6) is 1.52. The van der Waals surface area contributed by atoms with E-state index < -0.39 is 10.0 Å². The van der Waals surface area contributed by atoms with Crippen molar-refractivity contribution in [3.8, 4) is 17.2 Å². The Morgan fingerprint density at radius 1 is 1.00 bits per heavy atom. The monoisotopic (exact) mass is 516 g/mol. The topological polar surface area (TPSA) is 94.2 Å². The van der Waals surface area contributed by atoms with Crippen molar-refractivity contribution in [1.29, 1.82) is 0 Å². The summed E-state index contributed by atoms with van der Waals surface area (Å²) in [6, 6.07) is 18.8. The number of benzene rings is 3. The van der Waals surface area contributed by atoms with Gasteiger partial charge in [0.25, 0.3) is 5.91 Å². The lowest BCUT2D eigenvalue weighted by molar-refractivity contribution is 0.0947. The zero-order valence-corrected chi connectivity index (χ0v) is 20.6. The number of amides is 1. The van der Waals surface area contributed by atoms with E-state index >= 15 is 0 Å². The van der Waals surface area contributed by atoms with Crippen LogP contribution in [0.1, 0.15) is 15.9 Å². The highest BCUT2D eigenvalue weighted by Crippen LogP contribution is 2.35. The van der Waals surface area contributed by atoms with Crippen LogP contribution in [-0.4, -0.2) is 46.9 Å². The van der Waals surface area contributed by atoms with E-state index in [-0.39, 0.29) is 12.5 Å². The lowest BCUT2D eigenvalue weighted by Gasteiger charge is -2.25. The van der Waals surface area contributed by atoms with Crippen LogP contribution in [0, 0.1) is 0 Å².